The Morgan fingerprint density at radius 3 is 2.63 bits per heavy atom. The number of benzene rings is 1. The average Bonchev–Trinajstić information content (AvgIpc) is 2.70. The molecule has 1 aliphatic rings. The maximum atomic E-state index is 11.9. The van der Waals surface area contributed by atoms with Crippen molar-refractivity contribution in [2.45, 2.75) is 39.7 Å². The summed E-state index contributed by atoms with van der Waals surface area (Å²) in [5.74, 6) is 1.46. The number of carbonyl (C=O) groups is 1. The van der Waals surface area contributed by atoms with Crippen molar-refractivity contribution in [1.82, 2.24) is 5.32 Å². The van der Waals surface area contributed by atoms with Gasteiger partial charge >= 0.3 is 0 Å². The lowest BCUT2D eigenvalue weighted by atomic mass is 9.98. The van der Waals surface area contributed by atoms with Gasteiger partial charge in [0.05, 0.1) is 6.54 Å². The second-order valence-corrected chi connectivity index (χ2v) is 5.76. The third-order valence-corrected chi connectivity index (χ3v) is 4.41. The Hall–Kier alpha value is -1.35. The first kappa shape index (κ1) is 14.1. The van der Waals surface area contributed by atoms with Gasteiger partial charge in [-0.3, -0.25) is 4.79 Å². The van der Waals surface area contributed by atoms with Crippen molar-refractivity contribution in [3.8, 4) is 0 Å². The molecular formula is C16H24N2O. The molecule has 0 bridgehead atoms. The van der Waals surface area contributed by atoms with Gasteiger partial charge in [-0.2, -0.15) is 0 Å². The third-order valence-electron chi connectivity index (χ3n) is 4.41. The maximum absolute atomic E-state index is 11.9. The topological polar surface area (TPSA) is 41.1 Å². The van der Waals surface area contributed by atoms with Crippen LogP contribution >= 0.6 is 0 Å². The van der Waals surface area contributed by atoms with Crippen molar-refractivity contribution in [3.05, 3.63) is 29.8 Å². The van der Waals surface area contributed by atoms with Crippen LogP contribution in [0.1, 0.15) is 32.3 Å². The monoisotopic (exact) mass is 260 g/mol. The molecule has 3 unspecified atom stereocenters. The summed E-state index contributed by atoms with van der Waals surface area (Å²) in [6, 6.07) is 8.34. The molecule has 3 atom stereocenters. The first-order valence-corrected chi connectivity index (χ1v) is 7.17. The minimum Gasteiger partial charge on any atom is -0.325 e. The van der Waals surface area contributed by atoms with Crippen LogP contribution < -0.4 is 10.6 Å². The van der Waals surface area contributed by atoms with Crippen LogP contribution in [0.2, 0.25) is 0 Å². The number of amides is 1. The van der Waals surface area contributed by atoms with Crippen LogP contribution in [-0.4, -0.2) is 18.5 Å². The van der Waals surface area contributed by atoms with E-state index in [0.717, 1.165) is 17.2 Å². The molecule has 0 aromatic heterocycles. The van der Waals surface area contributed by atoms with Crippen molar-refractivity contribution in [1.29, 1.82) is 0 Å². The Morgan fingerprint density at radius 1 is 1.26 bits per heavy atom. The first-order valence-electron chi connectivity index (χ1n) is 7.17. The Bertz CT molecular complexity index is 444. The van der Waals surface area contributed by atoms with Crippen LogP contribution in [-0.2, 0) is 4.79 Å². The lowest BCUT2D eigenvalue weighted by Crippen LogP contribution is -2.38. The van der Waals surface area contributed by atoms with Crippen molar-refractivity contribution in [2.24, 2.45) is 11.8 Å². The van der Waals surface area contributed by atoms with Crippen molar-refractivity contribution >= 4 is 11.6 Å². The van der Waals surface area contributed by atoms with E-state index in [1.54, 1.807) is 0 Å². The number of hydrogen-bond acceptors (Lipinski definition) is 2. The molecule has 3 heteroatoms. The summed E-state index contributed by atoms with van der Waals surface area (Å²) in [5.41, 5.74) is 2.00. The zero-order valence-corrected chi connectivity index (χ0v) is 12.1. The van der Waals surface area contributed by atoms with Crippen molar-refractivity contribution in [3.63, 3.8) is 0 Å². The van der Waals surface area contributed by atoms with Gasteiger partial charge in [0.15, 0.2) is 0 Å². The molecule has 2 rings (SSSR count). The molecule has 1 fully saturated rings. The fourth-order valence-corrected chi connectivity index (χ4v) is 2.78. The fraction of sp³-hybridized carbons (Fsp3) is 0.562. The lowest BCUT2D eigenvalue weighted by molar-refractivity contribution is -0.115. The van der Waals surface area contributed by atoms with Crippen LogP contribution in [0.5, 0.6) is 0 Å². The van der Waals surface area contributed by atoms with Gasteiger partial charge < -0.3 is 10.6 Å². The highest BCUT2D eigenvalue weighted by molar-refractivity contribution is 5.92. The van der Waals surface area contributed by atoms with E-state index >= 15 is 0 Å². The van der Waals surface area contributed by atoms with Gasteiger partial charge in [-0.1, -0.05) is 32.0 Å². The Morgan fingerprint density at radius 2 is 2.00 bits per heavy atom. The zero-order valence-electron chi connectivity index (χ0n) is 12.1. The van der Waals surface area contributed by atoms with E-state index in [0.29, 0.717) is 18.5 Å². The Kier molecular flexibility index (Phi) is 4.59. The van der Waals surface area contributed by atoms with Gasteiger partial charge in [0.2, 0.25) is 5.91 Å². The predicted molar refractivity (Wildman–Crippen MR) is 79.2 cm³/mol. The quantitative estimate of drug-likeness (QED) is 0.874. The summed E-state index contributed by atoms with van der Waals surface area (Å²) in [7, 11) is 0. The molecular weight excluding hydrogens is 236 g/mol. The molecule has 3 nitrogen and oxygen atoms in total. The number of para-hydroxylation sites is 1. The summed E-state index contributed by atoms with van der Waals surface area (Å²) < 4.78 is 0. The van der Waals surface area contributed by atoms with Crippen LogP contribution in [0.15, 0.2) is 24.3 Å². The molecule has 0 heterocycles. The van der Waals surface area contributed by atoms with Gasteiger partial charge in [0.25, 0.3) is 0 Å². The van der Waals surface area contributed by atoms with Gasteiger partial charge in [0.1, 0.15) is 0 Å². The highest BCUT2D eigenvalue weighted by Crippen LogP contribution is 2.30. The predicted octanol–water partition coefficient (Wildman–Crippen LogP) is 2.96. The Balaban J connectivity index is 1.81. The van der Waals surface area contributed by atoms with Crippen LogP contribution in [0.3, 0.4) is 0 Å². The molecule has 1 saturated carbocycles. The largest absolute Gasteiger partial charge is 0.325 e. The van der Waals surface area contributed by atoms with Gasteiger partial charge in [-0.25, -0.2) is 0 Å². The number of carbonyl (C=O) groups excluding carboxylic acids is 1. The van der Waals surface area contributed by atoms with E-state index in [1.165, 1.54) is 12.8 Å². The summed E-state index contributed by atoms with van der Waals surface area (Å²) in [6.45, 7) is 6.97. The van der Waals surface area contributed by atoms with E-state index in [2.05, 4.69) is 24.5 Å². The highest BCUT2D eigenvalue weighted by atomic mass is 16.1. The summed E-state index contributed by atoms with van der Waals surface area (Å²) in [6.07, 6.45) is 2.44. The smallest absolute Gasteiger partial charge is 0.238 e. The van der Waals surface area contributed by atoms with E-state index in [9.17, 15) is 4.79 Å². The van der Waals surface area contributed by atoms with Gasteiger partial charge in [-0.05, 0) is 43.2 Å². The number of rotatable bonds is 4. The van der Waals surface area contributed by atoms with Crippen LogP contribution in [0, 0.1) is 18.8 Å². The number of anilines is 1. The van der Waals surface area contributed by atoms with Crippen LogP contribution in [0.4, 0.5) is 5.69 Å². The SMILES string of the molecule is Cc1ccccc1NC(=O)CNC1CCC(C)C1C. The van der Waals surface area contributed by atoms with Crippen molar-refractivity contribution < 1.29 is 4.79 Å². The maximum Gasteiger partial charge on any atom is 0.238 e. The molecule has 0 saturated heterocycles. The van der Waals surface area contributed by atoms with Gasteiger partial charge in [0, 0.05) is 11.7 Å². The van der Waals surface area contributed by atoms with E-state index < -0.39 is 0 Å². The van der Waals surface area contributed by atoms with E-state index in [-0.39, 0.29) is 5.91 Å². The molecule has 1 amide bonds. The molecule has 0 aliphatic heterocycles. The first-order chi connectivity index (χ1) is 9.08. The average molecular weight is 260 g/mol. The minimum absolute atomic E-state index is 0.0426. The molecule has 0 spiro atoms. The standard InChI is InChI=1S/C16H24N2O/c1-11-8-9-15(13(11)3)17-10-16(19)18-14-7-5-4-6-12(14)2/h4-7,11,13,15,17H,8-10H2,1-3H3,(H,18,19). The second-order valence-electron chi connectivity index (χ2n) is 5.76. The normalized spacial score (nSPS) is 26.4. The number of hydrogen-bond donors (Lipinski definition) is 2. The zero-order chi connectivity index (χ0) is 13.8. The van der Waals surface area contributed by atoms with E-state index in [4.69, 9.17) is 0 Å². The lowest BCUT2D eigenvalue weighted by Gasteiger charge is -2.19. The van der Waals surface area contributed by atoms with Gasteiger partial charge in [-0.15, -0.1) is 0 Å². The van der Waals surface area contributed by atoms with E-state index in [1.807, 2.05) is 31.2 Å². The van der Waals surface area contributed by atoms with Crippen LogP contribution in [0.25, 0.3) is 0 Å². The highest BCUT2D eigenvalue weighted by Gasteiger charge is 2.29. The molecule has 104 valence electrons. The summed E-state index contributed by atoms with van der Waals surface area (Å²) in [5, 5.41) is 6.35. The molecule has 19 heavy (non-hydrogen) atoms. The Labute approximate surface area is 115 Å². The minimum atomic E-state index is 0.0426. The third kappa shape index (κ3) is 3.57. The number of nitrogens with one attached hydrogen (secondary N) is 2. The number of aryl methyl sites for hydroxylation is 1. The fourth-order valence-electron chi connectivity index (χ4n) is 2.78. The molecule has 1 aromatic carbocycles. The molecule has 0 radical (unpaired) electrons. The molecule has 1 aliphatic carbocycles. The molecule has 2 N–H and O–H groups in total. The van der Waals surface area contributed by atoms with Crippen molar-refractivity contribution in [2.75, 3.05) is 11.9 Å². The summed E-state index contributed by atoms with van der Waals surface area (Å²) >= 11 is 0. The summed E-state index contributed by atoms with van der Waals surface area (Å²) in [4.78, 5) is 11.9. The molecule has 1 aromatic rings. The second kappa shape index (κ2) is 6.20.